The molecule has 1 fully saturated rings. The second-order valence-electron chi connectivity index (χ2n) is 4.98. The number of rotatable bonds is 3. The molecule has 108 valence electrons. The van der Waals surface area contributed by atoms with Gasteiger partial charge in [-0.2, -0.15) is 0 Å². The van der Waals surface area contributed by atoms with E-state index in [2.05, 4.69) is 15.9 Å². The van der Waals surface area contributed by atoms with Crippen molar-refractivity contribution in [1.82, 2.24) is 4.90 Å². The monoisotopic (exact) mass is 341 g/mol. The highest BCUT2D eigenvalue weighted by atomic mass is 79.9. The highest BCUT2D eigenvalue weighted by Crippen LogP contribution is 2.29. The van der Waals surface area contributed by atoms with Gasteiger partial charge in [-0.3, -0.25) is 9.59 Å². The van der Waals surface area contributed by atoms with Crippen molar-refractivity contribution in [3.05, 3.63) is 28.2 Å². The Hall–Kier alpha value is -1.56. The Morgan fingerprint density at radius 2 is 2.10 bits per heavy atom. The minimum atomic E-state index is -0.851. The number of halogens is 1. The van der Waals surface area contributed by atoms with Crippen molar-refractivity contribution in [2.45, 2.75) is 6.92 Å². The van der Waals surface area contributed by atoms with Crippen molar-refractivity contribution in [3.8, 4) is 5.75 Å². The molecule has 0 aliphatic carbocycles. The number of carboxylic acids is 1. The standard InChI is InChI=1S/C14H16BrNO4/c1-8-6-16(7-11(8)14(18)19)13(17)10-4-3-9(15)5-12(10)20-2/h3-5,8,11H,6-7H2,1-2H3,(H,18,19). The Kier molecular flexibility index (Phi) is 4.32. The molecule has 2 atom stereocenters. The summed E-state index contributed by atoms with van der Waals surface area (Å²) in [5, 5.41) is 9.12. The quantitative estimate of drug-likeness (QED) is 0.915. The minimum Gasteiger partial charge on any atom is -0.496 e. The van der Waals surface area contributed by atoms with Crippen LogP contribution < -0.4 is 4.74 Å². The summed E-state index contributed by atoms with van der Waals surface area (Å²) in [7, 11) is 1.51. The highest BCUT2D eigenvalue weighted by molar-refractivity contribution is 9.10. The maximum absolute atomic E-state index is 12.5. The summed E-state index contributed by atoms with van der Waals surface area (Å²) in [6, 6.07) is 5.18. The van der Waals surface area contributed by atoms with Crippen LogP contribution in [0.3, 0.4) is 0 Å². The van der Waals surface area contributed by atoms with E-state index < -0.39 is 11.9 Å². The van der Waals surface area contributed by atoms with Crippen molar-refractivity contribution in [1.29, 1.82) is 0 Å². The highest BCUT2D eigenvalue weighted by Gasteiger charge is 2.37. The first-order valence-electron chi connectivity index (χ1n) is 6.29. The second-order valence-corrected chi connectivity index (χ2v) is 5.89. The molecule has 1 amide bonds. The molecule has 0 radical (unpaired) electrons. The molecule has 1 heterocycles. The van der Waals surface area contributed by atoms with Crippen LogP contribution in [0.1, 0.15) is 17.3 Å². The summed E-state index contributed by atoms with van der Waals surface area (Å²) in [6.07, 6.45) is 0. The molecular formula is C14H16BrNO4. The summed E-state index contributed by atoms with van der Waals surface area (Å²) in [5.74, 6) is -1.10. The molecule has 6 heteroatoms. The predicted octanol–water partition coefficient (Wildman–Crippen LogP) is 2.25. The number of ether oxygens (including phenoxy) is 1. The fourth-order valence-corrected chi connectivity index (χ4v) is 2.81. The van der Waals surface area contributed by atoms with Crippen molar-refractivity contribution in [3.63, 3.8) is 0 Å². The van der Waals surface area contributed by atoms with Crippen LogP contribution in [0.4, 0.5) is 0 Å². The van der Waals surface area contributed by atoms with Gasteiger partial charge in [0.1, 0.15) is 5.75 Å². The molecule has 1 aliphatic heterocycles. The summed E-state index contributed by atoms with van der Waals surface area (Å²) in [6.45, 7) is 2.55. The third-order valence-corrected chi connectivity index (χ3v) is 4.10. The van der Waals surface area contributed by atoms with Crippen LogP contribution in [0, 0.1) is 11.8 Å². The van der Waals surface area contributed by atoms with Crippen LogP contribution in [0.2, 0.25) is 0 Å². The zero-order valence-electron chi connectivity index (χ0n) is 11.3. The van der Waals surface area contributed by atoms with Gasteiger partial charge in [0.2, 0.25) is 0 Å². The van der Waals surface area contributed by atoms with E-state index in [0.29, 0.717) is 17.9 Å². The third-order valence-electron chi connectivity index (χ3n) is 3.61. The van der Waals surface area contributed by atoms with E-state index in [1.54, 1.807) is 23.1 Å². The topological polar surface area (TPSA) is 66.8 Å². The van der Waals surface area contributed by atoms with Gasteiger partial charge in [-0.25, -0.2) is 0 Å². The summed E-state index contributed by atoms with van der Waals surface area (Å²) in [4.78, 5) is 25.2. The molecule has 2 rings (SSSR count). The lowest BCUT2D eigenvalue weighted by atomic mass is 9.99. The fourth-order valence-electron chi connectivity index (χ4n) is 2.47. The predicted molar refractivity (Wildman–Crippen MR) is 76.9 cm³/mol. The fraction of sp³-hybridized carbons (Fsp3) is 0.429. The molecule has 2 unspecified atom stereocenters. The SMILES string of the molecule is COc1cc(Br)ccc1C(=O)N1CC(C)C(C(=O)O)C1. The summed E-state index contributed by atoms with van der Waals surface area (Å²) >= 11 is 3.33. The van der Waals surface area contributed by atoms with Gasteiger partial charge in [0.05, 0.1) is 18.6 Å². The van der Waals surface area contributed by atoms with E-state index in [4.69, 9.17) is 9.84 Å². The zero-order chi connectivity index (χ0) is 14.9. The average Bonchev–Trinajstić information content (AvgIpc) is 2.80. The van der Waals surface area contributed by atoms with Crippen molar-refractivity contribution >= 4 is 27.8 Å². The number of hydrogen-bond donors (Lipinski definition) is 1. The zero-order valence-corrected chi connectivity index (χ0v) is 12.9. The molecule has 5 nitrogen and oxygen atoms in total. The van der Waals surface area contributed by atoms with E-state index >= 15 is 0 Å². The lowest BCUT2D eigenvalue weighted by Crippen LogP contribution is -2.30. The Morgan fingerprint density at radius 3 is 2.65 bits per heavy atom. The van der Waals surface area contributed by atoms with Gasteiger partial charge < -0.3 is 14.7 Å². The molecule has 1 aromatic rings. The van der Waals surface area contributed by atoms with E-state index in [9.17, 15) is 9.59 Å². The number of hydrogen-bond acceptors (Lipinski definition) is 3. The third kappa shape index (κ3) is 2.80. The number of likely N-dealkylation sites (tertiary alicyclic amines) is 1. The number of carbonyl (C=O) groups is 2. The van der Waals surface area contributed by atoms with Crippen molar-refractivity contribution in [2.24, 2.45) is 11.8 Å². The molecule has 0 saturated carbocycles. The van der Waals surface area contributed by atoms with Crippen molar-refractivity contribution < 1.29 is 19.4 Å². The van der Waals surface area contributed by atoms with E-state index in [-0.39, 0.29) is 18.4 Å². The first kappa shape index (κ1) is 14.8. The molecule has 1 aliphatic rings. The first-order valence-corrected chi connectivity index (χ1v) is 7.09. The van der Waals surface area contributed by atoms with E-state index in [0.717, 1.165) is 4.47 Å². The van der Waals surface area contributed by atoms with E-state index in [1.807, 2.05) is 6.92 Å². The van der Waals surface area contributed by atoms with Gasteiger partial charge in [0.15, 0.2) is 0 Å². The van der Waals surface area contributed by atoms with Gasteiger partial charge in [-0.1, -0.05) is 22.9 Å². The van der Waals surface area contributed by atoms with Crippen LogP contribution in [-0.2, 0) is 4.79 Å². The maximum Gasteiger partial charge on any atom is 0.308 e. The van der Waals surface area contributed by atoms with Crippen LogP contribution in [0.25, 0.3) is 0 Å². The second kappa shape index (κ2) is 5.83. The summed E-state index contributed by atoms with van der Waals surface area (Å²) < 4.78 is 6.04. The molecular weight excluding hydrogens is 326 g/mol. The number of methoxy groups -OCH3 is 1. The van der Waals surface area contributed by atoms with E-state index in [1.165, 1.54) is 7.11 Å². The average molecular weight is 342 g/mol. The molecule has 1 N–H and O–H groups in total. The smallest absolute Gasteiger partial charge is 0.308 e. The molecule has 0 bridgehead atoms. The molecule has 0 spiro atoms. The van der Waals surface area contributed by atoms with Gasteiger partial charge in [-0.15, -0.1) is 0 Å². The molecule has 0 aromatic heterocycles. The van der Waals surface area contributed by atoms with Crippen LogP contribution in [-0.4, -0.2) is 42.1 Å². The Morgan fingerprint density at radius 1 is 1.40 bits per heavy atom. The largest absolute Gasteiger partial charge is 0.496 e. The number of aliphatic carboxylic acids is 1. The van der Waals surface area contributed by atoms with Gasteiger partial charge in [0, 0.05) is 17.6 Å². The number of amides is 1. The summed E-state index contributed by atoms with van der Waals surface area (Å²) in [5.41, 5.74) is 0.453. The number of benzene rings is 1. The Bertz CT molecular complexity index is 546. The molecule has 1 saturated heterocycles. The van der Waals surface area contributed by atoms with Gasteiger partial charge in [-0.05, 0) is 24.1 Å². The minimum absolute atomic E-state index is 0.0436. The van der Waals surface area contributed by atoms with Gasteiger partial charge in [0.25, 0.3) is 5.91 Å². The number of nitrogens with zero attached hydrogens (tertiary/aromatic N) is 1. The first-order chi connectivity index (χ1) is 9.43. The van der Waals surface area contributed by atoms with Gasteiger partial charge >= 0.3 is 5.97 Å². The maximum atomic E-state index is 12.5. The van der Waals surface area contributed by atoms with Crippen molar-refractivity contribution in [2.75, 3.05) is 20.2 Å². The lowest BCUT2D eigenvalue weighted by Gasteiger charge is -2.17. The van der Waals surface area contributed by atoms with Crippen LogP contribution in [0.5, 0.6) is 5.75 Å². The van der Waals surface area contributed by atoms with Crippen LogP contribution in [0.15, 0.2) is 22.7 Å². The molecule has 20 heavy (non-hydrogen) atoms. The Balaban J connectivity index is 2.23. The Labute approximate surface area is 125 Å². The number of carboxylic acid groups (broad SMARTS) is 1. The normalized spacial score (nSPS) is 21.9. The lowest BCUT2D eigenvalue weighted by molar-refractivity contribution is -0.142. The molecule has 1 aromatic carbocycles. The number of carbonyl (C=O) groups excluding carboxylic acids is 1. The van der Waals surface area contributed by atoms with Crippen LogP contribution >= 0.6 is 15.9 Å².